The maximum Gasteiger partial charge on any atom is 0.254 e. The molecule has 0 bridgehead atoms. The van der Waals surface area contributed by atoms with Gasteiger partial charge in [-0.05, 0) is 50.3 Å². The summed E-state index contributed by atoms with van der Waals surface area (Å²) < 4.78 is 0.996. The first-order chi connectivity index (χ1) is 8.02. The number of rotatable bonds is 3. The van der Waals surface area contributed by atoms with Crippen molar-refractivity contribution in [2.75, 3.05) is 7.05 Å². The van der Waals surface area contributed by atoms with Crippen LogP contribution < -0.4 is 0 Å². The zero-order chi connectivity index (χ0) is 12.6. The summed E-state index contributed by atoms with van der Waals surface area (Å²) in [6.07, 6.45) is 2.52. The molecule has 0 aromatic heterocycles. The second-order valence-corrected chi connectivity index (χ2v) is 5.76. The van der Waals surface area contributed by atoms with Gasteiger partial charge in [0.05, 0.1) is 0 Å². The minimum atomic E-state index is 0.128. The summed E-state index contributed by atoms with van der Waals surface area (Å²) in [5.41, 5.74) is 1.82. The predicted molar refractivity (Wildman–Crippen MR) is 73.2 cm³/mol. The Morgan fingerprint density at radius 2 is 2.12 bits per heavy atom. The molecule has 1 aromatic rings. The number of nitrogens with zero attached hydrogens (tertiary/aromatic N) is 1. The van der Waals surface area contributed by atoms with Crippen molar-refractivity contribution in [1.82, 2.24) is 4.90 Å². The minimum Gasteiger partial charge on any atom is -0.339 e. The molecule has 2 nitrogen and oxygen atoms in total. The van der Waals surface area contributed by atoms with E-state index in [1.54, 1.807) is 0 Å². The molecule has 0 heterocycles. The topological polar surface area (TPSA) is 20.3 Å². The predicted octanol–water partition coefficient (Wildman–Crippen LogP) is 3.63. The molecule has 0 spiro atoms. The highest BCUT2D eigenvalue weighted by Gasteiger charge is 2.33. The molecule has 3 heteroatoms. The van der Waals surface area contributed by atoms with Crippen molar-refractivity contribution in [3.8, 4) is 0 Å². The van der Waals surface area contributed by atoms with Gasteiger partial charge in [-0.15, -0.1) is 0 Å². The van der Waals surface area contributed by atoms with Gasteiger partial charge in [-0.3, -0.25) is 4.79 Å². The molecular formula is C14H18BrNO. The second-order valence-electron chi connectivity index (χ2n) is 4.91. The van der Waals surface area contributed by atoms with E-state index in [1.165, 1.54) is 12.8 Å². The number of carbonyl (C=O) groups is 1. The number of amides is 1. The lowest BCUT2D eigenvalue weighted by Gasteiger charge is -2.25. The van der Waals surface area contributed by atoms with E-state index < -0.39 is 0 Å². The Morgan fingerprint density at radius 1 is 1.47 bits per heavy atom. The largest absolute Gasteiger partial charge is 0.339 e. The molecule has 1 aromatic carbocycles. The SMILES string of the molecule is Cc1c(Br)cccc1C(=O)N(C)C(C)C1CC1. The summed E-state index contributed by atoms with van der Waals surface area (Å²) in [7, 11) is 1.91. The molecule has 0 aliphatic heterocycles. The van der Waals surface area contributed by atoms with E-state index in [9.17, 15) is 4.79 Å². The number of hydrogen-bond donors (Lipinski definition) is 0. The minimum absolute atomic E-state index is 0.128. The van der Waals surface area contributed by atoms with Crippen LogP contribution in [0.3, 0.4) is 0 Å². The van der Waals surface area contributed by atoms with Gasteiger partial charge in [0.15, 0.2) is 0 Å². The molecular weight excluding hydrogens is 278 g/mol. The third-order valence-corrected chi connectivity index (χ3v) is 4.59. The van der Waals surface area contributed by atoms with Crippen LogP contribution in [0.1, 0.15) is 35.7 Å². The smallest absolute Gasteiger partial charge is 0.254 e. The Kier molecular flexibility index (Phi) is 3.57. The highest BCUT2D eigenvalue weighted by Crippen LogP contribution is 2.35. The van der Waals surface area contributed by atoms with Crippen molar-refractivity contribution in [3.63, 3.8) is 0 Å². The molecule has 17 heavy (non-hydrogen) atoms. The van der Waals surface area contributed by atoms with Crippen molar-refractivity contribution < 1.29 is 4.79 Å². The average Bonchev–Trinajstić information content (AvgIpc) is 3.14. The van der Waals surface area contributed by atoms with Crippen LogP contribution >= 0.6 is 15.9 Å². The molecule has 1 fully saturated rings. The van der Waals surface area contributed by atoms with E-state index in [4.69, 9.17) is 0 Å². The van der Waals surface area contributed by atoms with Crippen LogP contribution in [0, 0.1) is 12.8 Å². The summed E-state index contributed by atoms with van der Waals surface area (Å²) in [4.78, 5) is 14.3. The maximum atomic E-state index is 12.4. The van der Waals surface area contributed by atoms with E-state index in [1.807, 2.05) is 37.1 Å². The van der Waals surface area contributed by atoms with Crippen molar-refractivity contribution >= 4 is 21.8 Å². The van der Waals surface area contributed by atoms with E-state index in [-0.39, 0.29) is 5.91 Å². The van der Waals surface area contributed by atoms with Gasteiger partial charge in [-0.1, -0.05) is 22.0 Å². The van der Waals surface area contributed by atoms with Gasteiger partial charge >= 0.3 is 0 Å². The Labute approximate surface area is 111 Å². The third kappa shape index (κ3) is 2.54. The van der Waals surface area contributed by atoms with Crippen molar-refractivity contribution in [1.29, 1.82) is 0 Å². The zero-order valence-electron chi connectivity index (χ0n) is 10.5. The fourth-order valence-electron chi connectivity index (χ4n) is 2.11. The summed E-state index contributed by atoms with van der Waals surface area (Å²) in [6.45, 7) is 4.12. The number of carbonyl (C=O) groups excluding carboxylic acids is 1. The average molecular weight is 296 g/mol. The Morgan fingerprint density at radius 3 is 2.71 bits per heavy atom. The van der Waals surface area contributed by atoms with Gasteiger partial charge in [-0.25, -0.2) is 0 Å². The monoisotopic (exact) mass is 295 g/mol. The lowest BCUT2D eigenvalue weighted by Crippen LogP contribution is -2.36. The van der Waals surface area contributed by atoms with Gasteiger partial charge in [0.2, 0.25) is 0 Å². The second kappa shape index (κ2) is 4.81. The first-order valence-electron chi connectivity index (χ1n) is 6.04. The Bertz CT molecular complexity index is 440. The number of halogens is 1. The van der Waals surface area contributed by atoms with Crippen LogP contribution in [-0.2, 0) is 0 Å². The normalized spacial score (nSPS) is 16.7. The van der Waals surface area contributed by atoms with Gasteiger partial charge in [0.25, 0.3) is 5.91 Å². The van der Waals surface area contributed by atoms with Crippen LogP contribution in [0.15, 0.2) is 22.7 Å². The quantitative estimate of drug-likeness (QED) is 0.834. The molecule has 2 rings (SSSR count). The first kappa shape index (κ1) is 12.6. The lowest BCUT2D eigenvalue weighted by molar-refractivity contribution is 0.0726. The van der Waals surface area contributed by atoms with Gasteiger partial charge in [-0.2, -0.15) is 0 Å². The van der Waals surface area contributed by atoms with Crippen LogP contribution in [0.25, 0.3) is 0 Å². The van der Waals surface area contributed by atoms with Crippen molar-refractivity contribution in [2.24, 2.45) is 5.92 Å². The fraction of sp³-hybridized carbons (Fsp3) is 0.500. The van der Waals surface area contributed by atoms with E-state index in [2.05, 4.69) is 22.9 Å². The first-order valence-corrected chi connectivity index (χ1v) is 6.84. The zero-order valence-corrected chi connectivity index (χ0v) is 12.1. The summed E-state index contributed by atoms with van der Waals surface area (Å²) in [5.74, 6) is 0.833. The van der Waals surface area contributed by atoms with E-state index >= 15 is 0 Å². The molecule has 0 saturated heterocycles. The molecule has 92 valence electrons. The van der Waals surface area contributed by atoms with Crippen molar-refractivity contribution in [2.45, 2.75) is 32.7 Å². The third-order valence-electron chi connectivity index (χ3n) is 3.73. The Balaban J connectivity index is 2.21. The van der Waals surface area contributed by atoms with Gasteiger partial charge in [0, 0.05) is 23.1 Å². The standard InChI is InChI=1S/C14H18BrNO/c1-9-12(5-4-6-13(9)15)14(17)16(3)10(2)11-7-8-11/h4-6,10-11H,7-8H2,1-3H3. The number of hydrogen-bond acceptors (Lipinski definition) is 1. The van der Waals surface area contributed by atoms with Crippen LogP contribution in [-0.4, -0.2) is 23.9 Å². The highest BCUT2D eigenvalue weighted by molar-refractivity contribution is 9.10. The van der Waals surface area contributed by atoms with Crippen LogP contribution in [0.5, 0.6) is 0 Å². The maximum absolute atomic E-state index is 12.4. The van der Waals surface area contributed by atoms with Crippen LogP contribution in [0.4, 0.5) is 0 Å². The number of benzene rings is 1. The van der Waals surface area contributed by atoms with Crippen molar-refractivity contribution in [3.05, 3.63) is 33.8 Å². The highest BCUT2D eigenvalue weighted by atomic mass is 79.9. The molecule has 1 aliphatic carbocycles. The van der Waals surface area contributed by atoms with Gasteiger partial charge < -0.3 is 4.90 Å². The lowest BCUT2D eigenvalue weighted by atomic mass is 10.1. The molecule has 1 saturated carbocycles. The summed E-state index contributed by atoms with van der Waals surface area (Å²) in [5, 5.41) is 0. The Hall–Kier alpha value is -0.830. The van der Waals surface area contributed by atoms with Gasteiger partial charge in [0.1, 0.15) is 0 Å². The molecule has 0 N–H and O–H groups in total. The summed E-state index contributed by atoms with van der Waals surface area (Å²) >= 11 is 3.47. The molecule has 1 amide bonds. The molecule has 1 atom stereocenters. The van der Waals surface area contributed by atoms with E-state index in [0.29, 0.717) is 12.0 Å². The summed E-state index contributed by atoms with van der Waals surface area (Å²) in [6, 6.07) is 6.13. The van der Waals surface area contributed by atoms with Crippen LogP contribution in [0.2, 0.25) is 0 Å². The molecule has 0 radical (unpaired) electrons. The molecule has 1 aliphatic rings. The van der Waals surface area contributed by atoms with E-state index in [0.717, 1.165) is 15.6 Å². The fourth-order valence-corrected chi connectivity index (χ4v) is 2.48. The molecule has 1 unspecified atom stereocenters.